The maximum Gasteiger partial charge on any atom is 0.341 e. The van der Waals surface area contributed by atoms with Crippen molar-refractivity contribution >= 4 is 23.5 Å². The zero-order valence-electron chi connectivity index (χ0n) is 18.8. The number of piperidine rings is 1. The maximum absolute atomic E-state index is 12.4. The largest absolute Gasteiger partial charge is 0.507 e. The predicted molar refractivity (Wildman–Crippen MR) is 114 cm³/mol. The van der Waals surface area contributed by atoms with Gasteiger partial charge in [0.2, 0.25) is 11.8 Å². The average molecular weight is 435 g/mol. The SMILES string of the molecule is COC(=O)c1cc(NC(=O)CCCC(=O)NC2CC(C)(C)N([O])C(C)(C)C2)ccc1O. The molecule has 171 valence electrons. The first-order valence-corrected chi connectivity index (χ1v) is 10.3. The molecule has 31 heavy (non-hydrogen) atoms. The second-order valence-electron chi connectivity index (χ2n) is 9.22. The van der Waals surface area contributed by atoms with Crippen molar-refractivity contribution in [1.29, 1.82) is 0 Å². The Labute approximate surface area is 182 Å². The Balaban J connectivity index is 1.81. The van der Waals surface area contributed by atoms with Crippen LogP contribution < -0.4 is 10.6 Å². The maximum atomic E-state index is 12.4. The number of methoxy groups -OCH3 is 1. The van der Waals surface area contributed by atoms with Gasteiger partial charge in [0.05, 0.1) is 7.11 Å². The molecule has 0 atom stereocenters. The number of phenolic OH excluding ortho intramolecular Hbond substituents is 1. The summed E-state index contributed by atoms with van der Waals surface area (Å²) >= 11 is 0. The van der Waals surface area contributed by atoms with Crippen molar-refractivity contribution in [3.05, 3.63) is 23.8 Å². The van der Waals surface area contributed by atoms with Crippen LogP contribution in [0.25, 0.3) is 0 Å². The minimum Gasteiger partial charge on any atom is -0.507 e. The first kappa shape index (κ1) is 24.6. The zero-order valence-corrected chi connectivity index (χ0v) is 18.8. The number of carbonyl (C=O) groups is 3. The van der Waals surface area contributed by atoms with Crippen LogP contribution in [0, 0.1) is 0 Å². The van der Waals surface area contributed by atoms with Crippen LogP contribution in [0.1, 0.15) is 70.2 Å². The van der Waals surface area contributed by atoms with Crippen molar-refractivity contribution < 1.29 is 29.4 Å². The summed E-state index contributed by atoms with van der Waals surface area (Å²) in [5.41, 5.74) is -0.824. The number of hydroxylamine groups is 2. The topological polar surface area (TPSA) is 128 Å². The summed E-state index contributed by atoms with van der Waals surface area (Å²) in [7, 11) is 1.20. The number of carbonyl (C=O) groups excluding carboxylic acids is 3. The third-order valence-corrected chi connectivity index (χ3v) is 5.45. The van der Waals surface area contributed by atoms with Gasteiger partial charge in [-0.1, -0.05) is 0 Å². The number of aromatic hydroxyl groups is 1. The Hall–Kier alpha value is -2.65. The van der Waals surface area contributed by atoms with E-state index in [1.807, 2.05) is 27.7 Å². The minimum atomic E-state index is -0.709. The number of esters is 1. The molecule has 1 aliphatic rings. The third-order valence-electron chi connectivity index (χ3n) is 5.45. The van der Waals surface area contributed by atoms with Crippen LogP contribution in [0.3, 0.4) is 0 Å². The first-order valence-electron chi connectivity index (χ1n) is 10.3. The molecular weight excluding hydrogens is 402 g/mol. The van der Waals surface area contributed by atoms with Gasteiger partial charge in [-0.25, -0.2) is 4.79 Å². The summed E-state index contributed by atoms with van der Waals surface area (Å²) < 4.78 is 4.59. The molecule has 0 saturated carbocycles. The molecule has 0 bridgehead atoms. The summed E-state index contributed by atoms with van der Waals surface area (Å²) in [5, 5.41) is 28.9. The van der Waals surface area contributed by atoms with E-state index in [4.69, 9.17) is 0 Å². The van der Waals surface area contributed by atoms with Crippen molar-refractivity contribution in [2.75, 3.05) is 12.4 Å². The molecule has 1 radical (unpaired) electrons. The minimum absolute atomic E-state index is 0.0466. The Kier molecular flexibility index (Phi) is 7.67. The number of hydrogen-bond acceptors (Lipinski definition) is 6. The summed E-state index contributed by atoms with van der Waals surface area (Å²) in [6, 6.07) is 4.01. The van der Waals surface area contributed by atoms with Crippen LogP contribution in [-0.2, 0) is 19.5 Å². The molecular formula is C22H32N3O6. The lowest BCUT2D eigenvalue weighted by Crippen LogP contribution is -2.62. The summed E-state index contributed by atoms with van der Waals surface area (Å²) in [6.07, 6.45) is 1.80. The molecule has 1 saturated heterocycles. The molecule has 1 aromatic carbocycles. The summed E-state index contributed by atoms with van der Waals surface area (Å²) in [5.74, 6) is -1.41. The highest BCUT2D eigenvalue weighted by molar-refractivity contribution is 5.96. The Morgan fingerprint density at radius 1 is 1.10 bits per heavy atom. The quantitative estimate of drug-likeness (QED) is 0.447. The monoisotopic (exact) mass is 434 g/mol. The van der Waals surface area contributed by atoms with Gasteiger partial charge in [0.15, 0.2) is 0 Å². The van der Waals surface area contributed by atoms with E-state index < -0.39 is 17.0 Å². The van der Waals surface area contributed by atoms with Crippen LogP contribution in [0.4, 0.5) is 5.69 Å². The molecule has 0 spiro atoms. The number of amides is 2. The lowest BCUT2D eigenvalue weighted by atomic mass is 9.79. The van der Waals surface area contributed by atoms with Gasteiger partial charge in [0.1, 0.15) is 11.3 Å². The van der Waals surface area contributed by atoms with Gasteiger partial charge in [-0.2, -0.15) is 0 Å². The average Bonchev–Trinajstić information content (AvgIpc) is 2.66. The highest BCUT2D eigenvalue weighted by atomic mass is 16.5. The molecule has 9 nitrogen and oxygen atoms in total. The van der Waals surface area contributed by atoms with Crippen LogP contribution in [0.5, 0.6) is 5.75 Å². The molecule has 0 unspecified atom stereocenters. The van der Waals surface area contributed by atoms with Gasteiger partial charge in [-0.15, -0.1) is 10.3 Å². The van der Waals surface area contributed by atoms with Crippen LogP contribution in [0.15, 0.2) is 18.2 Å². The fourth-order valence-electron chi connectivity index (χ4n) is 4.19. The normalized spacial score (nSPS) is 18.3. The Morgan fingerprint density at radius 2 is 1.68 bits per heavy atom. The van der Waals surface area contributed by atoms with Crippen molar-refractivity contribution in [2.45, 2.75) is 76.9 Å². The lowest BCUT2D eigenvalue weighted by Gasteiger charge is -2.50. The Bertz CT molecular complexity index is 819. The van der Waals surface area contributed by atoms with E-state index in [0.717, 1.165) is 5.06 Å². The van der Waals surface area contributed by atoms with Crippen LogP contribution in [-0.4, -0.2) is 52.2 Å². The van der Waals surface area contributed by atoms with Crippen molar-refractivity contribution in [3.63, 3.8) is 0 Å². The lowest BCUT2D eigenvalue weighted by molar-refractivity contribution is -0.290. The van der Waals surface area contributed by atoms with Gasteiger partial charge in [0.25, 0.3) is 0 Å². The summed E-state index contributed by atoms with van der Waals surface area (Å²) in [6.45, 7) is 7.50. The van der Waals surface area contributed by atoms with Gasteiger partial charge in [-0.05, 0) is 65.2 Å². The molecule has 1 heterocycles. The number of nitrogens with zero attached hydrogens (tertiary/aromatic N) is 1. The Morgan fingerprint density at radius 3 is 2.26 bits per heavy atom. The van der Waals surface area contributed by atoms with E-state index in [1.165, 1.54) is 25.3 Å². The van der Waals surface area contributed by atoms with E-state index in [0.29, 0.717) is 24.9 Å². The van der Waals surface area contributed by atoms with Gasteiger partial charge < -0.3 is 20.5 Å². The van der Waals surface area contributed by atoms with E-state index in [-0.39, 0.29) is 42.0 Å². The first-order chi connectivity index (χ1) is 14.4. The molecule has 2 rings (SSSR count). The molecule has 9 heteroatoms. The summed E-state index contributed by atoms with van der Waals surface area (Å²) in [4.78, 5) is 36.1. The molecule has 3 N–H and O–H groups in total. The molecule has 0 aliphatic carbocycles. The van der Waals surface area contributed by atoms with Crippen molar-refractivity contribution in [1.82, 2.24) is 10.4 Å². The highest BCUT2D eigenvalue weighted by Gasteiger charge is 2.46. The molecule has 1 aliphatic heterocycles. The third kappa shape index (κ3) is 6.41. The number of hydrogen-bond donors (Lipinski definition) is 3. The predicted octanol–water partition coefficient (Wildman–Crippen LogP) is 2.77. The van der Waals surface area contributed by atoms with Gasteiger partial charge >= 0.3 is 5.97 Å². The van der Waals surface area contributed by atoms with Gasteiger partial charge in [-0.3, -0.25) is 9.59 Å². The highest BCUT2D eigenvalue weighted by Crippen LogP contribution is 2.37. The van der Waals surface area contributed by atoms with Crippen molar-refractivity contribution in [3.8, 4) is 5.75 Å². The second kappa shape index (κ2) is 9.65. The van der Waals surface area contributed by atoms with E-state index >= 15 is 0 Å². The number of benzene rings is 1. The number of ether oxygens (including phenoxy) is 1. The van der Waals surface area contributed by atoms with E-state index in [2.05, 4.69) is 15.4 Å². The standard InChI is InChI=1S/C22H32N3O6/c1-21(2)12-15(13-22(3,4)25(21)30)24-19(28)8-6-7-18(27)23-14-9-10-17(26)16(11-14)20(29)31-5/h9-11,15,26H,6-8,12-13H2,1-5H3,(H,23,27)(H,24,28). The fraction of sp³-hybridized carbons (Fsp3) is 0.591. The number of nitrogens with one attached hydrogen (secondary N) is 2. The van der Waals surface area contributed by atoms with E-state index in [9.17, 15) is 24.7 Å². The number of phenols is 1. The van der Waals surface area contributed by atoms with Crippen LogP contribution >= 0.6 is 0 Å². The molecule has 1 aromatic rings. The smallest absolute Gasteiger partial charge is 0.341 e. The van der Waals surface area contributed by atoms with Gasteiger partial charge in [0, 0.05) is 35.6 Å². The molecule has 2 amide bonds. The van der Waals surface area contributed by atoms with Crippen LogP contribution in [0.2, 0.25) is 0 Å². The van der Waals surface area contributed by atoms with E-state index in [1.54, 1.807) is 0 Å². The van der Waals surface area contributed by atoms with Crippen molar-refractivity contribution in [2.24, 2.45) is 0 Å². The second-order valence-corrected chi connectivity index (χ2v) is 9.22. The molecule has 1 fully saturated rings. The fourth-order valence-corrected chi connectivity index (χ4v) is 4.19. The number of rotatable bonds is 7. The molecule has 0 aromatic heterocycles. The number of anilines is 1. The zero-order chi connectivity index (χ0) is 23.4.